The van der Waals surface area contributed by atoms with Gasteiger partial charge in [-0.3, -0.25) is 4.79 Å². The molecule has 1 aromatic carbocycles. The van der Waals surface area contributed by atoms with Crippen LogP contribution in [0.15, 0.2) is 34.4 Å². The van der Waals surface area contributed by atoms with Gasteiger partial charge in [0.25, 0.3) is 15.9 Å². The lowest BCUT2D eigenvalue weighted by Crippen LogP contribution is -2.31. The third-order valence-corrected chi connectivity index (χ3v) is 5.33. The maximum atomic E-state index is 12.1. The molecule has 0 bridgehead atoms. The number of ether oxygens (including phenoxy) is 1. The van der Waals surface area contributed by atoms with Gasteiger partial charge in [-0.1, -0.05) is 0 Å². The molecule has 1 amide bonds. The van der Waals surface area contributed by atoms with Gasteiger partial charge in [0.15, 0.2) is 5.76 Å². The van der Waals surface area contributed by atoms with E-state index >= 15 is 0 Å². The van der Waals surface area contributed by atoms with E-state index in [1.54, 1.807) is 29.8 Å². The van der Waals surface area contributed by atoms with Crippen molar-refractivity contribution in [2.75, 3.05) is 6.61 Å². The number of aliphatic hydroxyl groups is 1. The molecular formula is C13H12N2O7S2. The molecule has 0 radical (unpaired) electrons. The van der Waals surface area contributed by atoms with Crippen molar-refractivity contribution in [3.63, 3.8) is 0 Å². The lowest BCUT2D eigenvalue weighted by Gasteiger charge is -2.02. The van der Waals surface area contributed by atoms with Gasteiger partial charge in [0, 0.05) is 0 Å². The van der Waals surface area contributed by atoms with E-state index in [4.69, 9.17) is 9.84 Å². The average molecular weight is 372 g/mol. The van der Waals surface area contributed by atoms with Crippen molar-refractivity contribution < 1.29 is 33.0 Å². The number of nitrogens with one attached hydrogen (secondary N) is 1. The highest BCUT2D eigenvalue weighted by Crippen LogP contribution is 2.28. The van der Waals surface area contributed by atoms with Gasteiger partial charge in [0.1, 0.15) is 5.75 Å². The van der Waals surface area contributed by atoms with Crippen molar-refractivity contribution in [3.05, 3.63) is 30.0 Å². The number of rotatable bonds is 6. The second-order valence-corrected chi connectivity index (χ2v) is 7.23. The van der Waals surface area contributed by atoms with E-state index in [1.807, 2.05) is 0 Å². The number of aliphatic carboxylic acids is 1. The zero-order chi connectivity index (χ0) is 17.9. The van der Waals surface area contributed by atoms with Crippen LogP contribution in [0.4, 0.5) is 0 Å². The summed E-state index contributed by atoms with van der Waals surface area (Å²) in [6.07, 6.45) is 0.178. The zero-order valence-corrected chi connectivity index (χ0v) is 13.8. The number of fused-ring (bicyclic) bond motifs is 1. The van der Waals surface area contributed by atoms with Crippen LogP contribution in [0, 0.1) is 0 Å². The van der Waals surface area contributed by atoms with Crippen molar-refractivity contribution in [2.45, 2.75) is 11.3 Å². The molecule has 0 saturated heterocycles. The summed E-state index contributed by atoms with van der Waals surface area (Å²) in [5, 5.41) is 17.6. The molecule has 1 aromatic heterocycles. The van der Waals surface area contributed by atoms with E-state index < -0.39 is 32.0 Å². The normalized spacial score (nSPS) is 12.1. The molecule has 1 heterocycles. The van der Waals surface area contributed by atoms with Gasteiger partial charge in [-0.2, -0.15) is 8.42 Å². The second kappa shape index (κ2) is 6.84. The van der Waals surface area contributed by atoms with Gasteiger partial charge < -0.3 is 14.9 Å². The molecule has 0 aliphatic carbocycles. The standard InChI is InChI=1S/C13H12N2O7S2/c1-2-22-7-3-4-8-10(5-7)23-13(14-8)24(20,21)15-12(19)9(16)6-11(17)18/h3-6,16H,2H2,1H3,(H,15,19)(H,17,18). The van der Waals surface area contributed by atoms with Gasteiger partial charge >= 0.3 is 5.97 Å². The molecule has 0 aliphatic rings. The summed E-state index contributed by atoms with van der Waals surface area (Å²) in [6.45, 7) is 2.25. The third kappa shape index (κ3) is 4.00. The number of carboxylic acid groups (broad SMARTS) is 1. The topological polar surface area (TPSA) is 143 Å². The van der Waals surface area contributed by atoms with Crippen LogP contribution >= 0.6 is 11.3 Å². The molecule has 0 atom stereocenters. The Hall–Kier alpha value is -2.66. The molecule has 0 spiro atoms. The Bertz CT molecular complexity index is 931. The monoisotopic (exact) mass is 372 g/mol. The molecule has 9 nitrogen and oxygen atoms in total. The molecule has 0 saturated carbocycles. The second-order valence-electron chi connectivity index (χ2n) is 4.34. The maximum Gasteiger partial charge on any atom is 0.332 e. The Morgan fingerprint density at radius 3 is 2.71 bits per heavy atom. The fraction of sp³-hybridized carbons (Fsp3) is 0.154. The number of hydrogen-bond acceptors (Lipinski definition) is 8. The minimum absolute atomic E-state index is 0.178. The van der Waals surface area contributed by atoms with Gasteiger partial charge in [-0.15, -0.1) is 11.3 Å². The first kappa shape index (κ1) is 17.7. The van der Waals surface area contributed by atoms with Gasteiger partial charge in [0.05, 0.1) is 22.9 Å². The number of benzene rings is 1. The van der Waals surface area contributed by atoms with Crippen molar-refractivity contribution >= 4 is 43.5 Å². The molecule has 0 unspecified atom stereocenters. The minimum Gasteiger partial charge on any atom is -0.503 e. The van der Waals surface area contributed by atoms with E-state index in [9.17, 15) is 23.1 Å². The summed E-state index contributed by atoms with van der Waals surface area (Å²) in [6, 6.07) is 4.81. The van der Waals surface area contributed by atoms with Crippen LogP contribution in [0.3, 0.4) is 0 Å². The number of thiazole rings is 1. The van der Waals surface area contributed by atoms with Crippen LogP contribution in [0.1, 0.15) is 6.92 Å². The van der Waals surface area contributed by atoms with Crippen LogP contribution in [0.5, 0.6) is 5.75 Å². The predicted octanol–water partition coefficient (Wildman–Crippen LogP) is 1.03. The number of aromatic nitrogens is 1. The van der Waals surface area contributed by atoms with E-state index in [-0.39, 0.29) is 6.08 Å². The summed E-state index contributed by atoms with van der Waals surface area (Å²) in [5.41, 5.74) is 0.390. The molecule has 3 N–H and O–H groups in total. The third-order valence-electron chi connectivity index (χ3n) is 2.60. The average Bonchev–Trinajstić information content (AvgIpc) is 2.90. The highest BCUT2D eigenvalue weighted by atomic mass is 32.2. The van der Waals surface area contributed by atoms with Crippen molar-refractivity contribution in [1.82, 2.24) is 9.71 Å². The molecular weight excluding hydrogens is 360 g/mol. The first-order chi connectivity index (χ1) is 11.2. The number of amides is 1. The van der Waals surface area contributed by atoms with Crippen LogP contribution in [-0.2, 0) is 19.6 Å². The Balaban J connectivity index is 2.30. The molecule has 0 fully saturated rings. The first-order valence-corrected chi connectivity index (χ1v) is 8.77. The first-order valence-electron chi connectivity index (χ1n) is 6.47. The minimum atomic E-state index is -4.35. The molecule has 11 heteroatoms. The zero-order valence-electron chi connectivity index (χ0n) is 12.2. The number of aliphatic hydroxyl groups excluding tert-OH is 1. The number of carbonyl (C=O) groups excluding carboxylic acids is 1. The lowest BCUT2D eigenvalue weighted by molar-refractivity contribution is -0.132. The van der Waals surface area contributed by atoms with E-state index in [2.05, 4.69) is 4.98 Å². The Morgan fingerprint density at radius 2 is 2.08 bits per heavy atom. The highest BCUT2D eigenvalue weighted by Gasteiger charge is 2.24. The van der Waals surface area contributed by atoms with Crippen molar-refractivity contribution in [3.8, 4) is 5.75 Å². The molecule has 2 aromatic rings. The van der Waals surface area contributed by atoms with Crippen molar-refractivity contribution in [1.29, 1.82) is 0 Å². The quantitative estimate of drug-likeness (QED) is 0.504. The predicted molar refractivity (Wildman–Crippen MR) is 84.5 cm³/mol. The highest BCUT2D eigenvalue weighted by molar-refractivity contribution is 7.92. The molecule has 128 valence electrons. The fourth-order valence-electron chi connectivity index (χ4n) is 1.66. The molecule has 2 rings (SSSR count). The number of nitrogens with zero attached hydrogens (tertiary/aromatic N) is 1. The smallest absolute Gasteiger partial charge is 0.332 e. The summed E-state index contributed by atoms with van der Waals surface area (Å²) in [7, 11) is -4.35. The number of carbonyl (C=O) groups is 2. The number of carboxylic acids is 1. The summed E-state index contributed by atoms with van der Waals surface area (Å²) in [5.74, 6) is -3.76. The van der Waals surface area contributed by atoms with Gasteiger partial charge in [-0.05, 0) is 25.1 Å². The number of hydrogen-bond donors (Lipinski definition) is 3. The fourth-order valence-corrected chi connectivity index (χ4v) is 3.87. The van der Waals surface area contributed by atoms with E-state index in [0.29, 0.717) is 22.6 Å². The lowest BCUT2D eigenvalue weighted by atomic mass is 10.3. The van der Waals surface area contributed by atoms with E-state index in [0.717, 1.165) is 11.3 Å². The molecule has 24 heavy (non-hydrogen) atoms. The Kier molecular flexibility index (Phi) is 5.04. The Morgan fingerprint density at radius 1 is 1.38 bits per heavy atom. The summed E-state index contributed by atoms with van der Waals surface area (Å²) in [4.78, 5) is 25.8. The van der Waals surface area contributed by atoms with Crippen LogP contribution in [0.25, 0.3) is 10.2 Å². The SMILES string of the molecule is CCOc1ccc2nc(S(=O)(=O)NC(=O)C(O)=CC(=O)O)sc2c1. The van der Waals surface area contributed by atoms with Crippen LogP contribution in [-0.4, -0.2) is 42.1 Å². The van der Waals surface area contributed by atoms with Gasteiger partial charge in [0.2, 0.25) is 4.34 Å². The van der Waals surface area contributed by atoms with Crippen LogP contribution < -0.4 is 9.46 Å². The Labute approximate surface area is 140 Å². The van der Waals surface area contributed by atoms with E-state index in [1.165, 1.54) is 0 Å². The van der Waals surface area contributed by atoms with Crippen LogP contribution in [0.2, 0.25) is 0 Å². The summed E-state index contributed by atoms with van der Waals surface area (Å²) < 4.78 is 31.2. The largest absolute Gasteiger partial charge is 0.503 e. The van der Waals surface area contributed by atoms with Crippen molar-refractivity contribution in [2.24, 2.45) is 0 Å². The van der Waals surface area contributed by atoms with Gasteiger partial charge in [-0.25, -0.2) is 14.5 Å². The number of sulfonamides is 1. The molecule has 0 aliphatic heterocycles. The maximum absolute atomic E-state index is 12.1. The summed E-state index contributed by atoms with van der Waals surface area (Å²) >= 11 is 0.801.